The Balaban J connectivity index is 1.57. The number of fused-ring (bicyclic) bond motifs is 2. The van der Waals surface area contributed by atoms with Gasteiger partial charge in [0.15, 0.2) is 5.82 Å². The first-order chi connectivity index (χ1) is 17.4. The van der Waals surface area contributed by atoms with Crippen molar-refractivity contribution in [3.63, 3.8) is 0 Å². The zero-order valence-electron chi connectivity index (χ0n) is 19.6. The summed E-state index contributed by atoms with van der Waals surface area (Å²) in [6.45, 7) is 4.49. The molecule has 4 heterocycles. The van der Waals surface area contributed by atoms with E-state index in [4.69, 9.17) is 10.5 Å². The van der Waals surface area contributed by atoms with Crippen LogP contribution >= 0.6 is 0 Å². The minimum atomic E-state index is -0.778. The second-order valence-electron chi connectivity index (χ2n) is 9.37. The second-order valence-corrected chi connectivity index (χ2v) is 9.37. The van der Waals surface area contributed by atoms with Crippen molar-refractivity contribution in [1.29, 1.82) is 0 Å². The predicted octanol–water partition coefficient (Wildman–Crippen LogP) is 4.17. The number of H-pyrrole nitrogens is 1. The second kappa shape index (κ2) is 8.79. The maximum Gasteiger partial charge on any atom is 0.153 e. The predicted molar refractivity (Wildman–Crippen MR) is 132 cm³/mol. The third-order valence-electron chi connectivity index (χ3n) is 6.89. The van der Waals surface area contributed by atoms with Crippen LogP contribution in [0.5, 0.6) is 0 Å². The summed E-state index contributed by atoms with van der Waals surface area (Å²) in [5, 5.41) is 3.51. The number of ether oxygens (including phenoxy) is 1. The SMILES string of the molecule is Cc1cc(F)cc(-c2cnc(N)c(-c3nc4c(F)cc(F)cc4[nH]3)c2N2CC[C@@H]3NCCO[C@H]3C2)c1. The highest BCUT2D eigenvalue weighted by Crippen LogP contribution is 2.43. The van der Waals surface area contributed by atoms with E-state index in [9.17, 15) is 13.2 Å². The molecule has 0 bridgehead atoms. The average Bonchev–Trinajstić information content (AvgIpc) is 3.27. The van der Waals surface area contributed by atoms with Crippen LogP contribution in [0.2, 0.25) is 0 Å². The molecule has 0 aliphatic carbocycles. The van der Waals surface area contributed by atoms with Crippen molar-refractivity contribution in [2.45, 2.75) is 25.5 Å². The van der Waals surface area contributed by atoms with Crippen LogP contribution in [-0.2, 0) is 4.74 Å². The third-order valence-corrected chi connectivity index (χ3v) is 6.89. The first-order valence-corrected chi connectivity index (χ1v) is 11.9. The summed E-state index contributed by atoms with van der Waals surface area (Å²) in [5.41, 5.74) is 9.82. The highest BCUT2D eigenvalue weighted by atomic mass is 19.1. The minimum absolute atomic E-state index is 0.00211. The number of aromatic amines is 1. The lowest BCUT2D eigenvalue weighted by Gasteiger charge is -2.43. The molecule has 0 amide bonds. The van der Waals surface area contributed by atoms with Crippen LogP contribution in [0.25, 0.3) is 33.5 Å². The number of nitrogen functional groups attached to an aromatic ring is 1. The van der Waals surface area contributed by atoms with Crippen molar-refractivity contribution in [1.82, 2.24) is 20.3 Å². The largest absolute Gasteiger partial charge is 0.383 e. The number of nitrogens with one attached hydrogen (secondary N) is 2. The molecule has 36 heavy (non-hydrogen) atoms. The van der Waals surface area contributed by atoms with Gasteiger partial charge in [0.1, 0.15) is 28.8 Å². The molecule has 2 saturated heterocycles. The van der Waals surface area contributed by atoms with Gasteiger partial charge in [0.05, 0.1) is 29.5 Å². The Morgan fingerprint density at radius 2 is 1.94 bits per heavy atom. The van der Waals surface area contributed by atoms with Crippen LogP contribution in [0, 0.1) is 24.4 Å². The Bertz CT molecular complexity index is 1450. The number of morpholine rings is 1. The maximum atomic E-state index is 14.5. The van der Waals surface area contributed by atoms with E-state index >= 15 is 0 Å². The van der Waals surface area contributed by atoms with Crippen LogP contribution in [0.3, 0.4) is 0 Å². The minimum Gasteiger partial charge on any atom is -0.383 e. The molecule has 2 aromatic carbocycles. The normalized spacial score (nSPS) is 20.1. The number of nitrogens with zero attached hydrogens (tertiary/aromatic N) is 3. The van der Waals surface area contributed by atoms with E-state index < -0.39 is 11.6 Å². The van der Waals surface area contributed by atoms with Crippen molar-refractivity contribution in [3.05, 3.63) is 59.5 Å². The van der Waals surface area contributed by atoms with Gasteiger partial charge in [-0.25, -0.2) is 23.1 Å². The van der Waals surface area contributed by atoms with Crippen LogP contribution < -0.4 is 16.0 Å². The number of imidazole rings is 1. The monoisotopic (exact) mass is 494 g/mol. The molecule has 2 fully saturated rings. The molecule has 4 N–H and O–H groups in total. The number of rotatable bonds is 3. The standard InChI is InChI=1S/C26H25F3N6O/c1-13-6-14(8-15(27)7-13)17-11-32-25(30)22(26-33-20-10-16(28)9-18(29)23(20)34-26)24(17)35-4-2-19-21(12-35)36-5-3-31-19/h6-11,19,21,31H,2-5,12H2,1H3,(H2,30,32)(H,33,34)/t19-,21-/m0/s1. The summed E-state index contributed by atoms with van der Waals surface area (Å²) >= 11 is 0. The molecule has 2 aliphatic heterocycles. The summed E-state index contributed by atoms with van der Waals surface area (Å²) in [6, 6.07) is 7.00. The van der Waals surface area contributed by atoms with E-state index in [-0.39, 0.29) is 40.6 Å². The summed E-state index contributed by atoms with van der Waals surface area (Å²) < 4.78 is 48.9. The average molecular weight is 495 g/mol. The van der Waals surface area contributed by atoms with Crippen molar-refractivity contribution >= 4 is 22.5 Å². The fourth-order valence-corrected chi connectivity index (χ4v) is 5.32. The quantitative estimate of drug-likeness (QED) is 0.396. The fraction of sp³-hybridized carbons (Fsp3) is 0.308. The molecule has 10 heteroatoms. The van der Waals surface area contributed by atoms with E-state index in [2.05, 4.69) is 25.2 Å². The van der Waals surface area contributed by atoms with E-state index in [1.807, 2.05) is 13.0 Å². The molecule has 4 aromatic rings. The van der Waals surface area contributed by atoms with Gasteiger partial charge in [0.25, 0.3) is 0 Å². The first kappa shape index (κ1) is 22.8. The number of pyridine rings is 1. The Morgan fingerprint density at radius 3 is 2.78 bits per heavy atom. The lowest BCUT2D eigenvalue weighted by atomic mass is 9.95. The number of benzene rings is 2. The van der Waals surface area contributed by atoms with Crippen LogP contribution in [0.1, 0.15) is 12.0 Å². The Hall–Kier alpha value is -3.63. The van der Waals surface area contributed by atoms with Gasteiger partial charge in [-0.15, -0.1) is 0 Å². The van der Waals surface area contributed by atoms with Crippen LogP contribution in [0.15, 0.2) is 36.5 Å². The number of hydrogen-bond donors (Lipinski definition) is 3. The molecule has 7 nitrogen and oxygen atoms in total. The maximum absolute atomic E-state index is 14.5. The van der Waals surface area contributed by atoms with Gasteiger partial charge in [-0.1, -0.05) is 6.07 Å². The number of halogens is 3. The van der Waals surface area contributed by atoms with Gasteiger partial charge in [-0.3, -0.25) is 0 Å². The van der Waals surface area contributed by atoms with Crippen molar-refractivity contribution in [2.24, 2.45) is 0 Å². The number of anilines is 2. The molecule has 0 radical (unpaired) electrons. The van der Waals surface area contributed by atoms with Crippen LogP contribution in [-0.4, -0.2) is 53.3 Å². The summed E-state index contributed by atoms with van der Waals surface area (Å²) in [4.78, 5) is 14.0. The molecule has 0 unspecified atom stereocenters. The molecule has 2 atom stereocenters. The summed E-state index contributed by atoms with van der Waals surface area (Å²) in [7, 11) is 0. The van der Waals surface area contributed by atoms with E-state index in [0.29, 0.717) is 42.1 Å². The van der Waals surface area contributed by atoms with Gasteiger partial charge in [0.2, 0.25) is 0 Å². The van der Waals surface area contributed by atoms with Gasteiger partial charge < -0.3 is 25.7 Å². The lowest BCUT2D eigenvalue weighted by Crippen LogP contribution is -2.58. The third kappa shape index (κ3) is 3.96. The molecule has 186 valence electrons. The highest BCUT2D eigenvalue weighted by molar-refractivity contribution is 5.95. The number of nitrogens with two attached hydrogens (primary N) is 1. The zero-order chi connectivity index (χ0) is 25.0. The van der Waals surface area contributed by atoms with Gasteiger partial charge in [-0.05, 0) is 42.7 Å². The lowest BCUT2D eigenvalue weighted by molar-refractivity contribution is -0.00899. The molecule has 2 aliphatic rings. The molecule has 0 saturated carbocycles. The Labute approximate surface area is 205 Å². The zero-order valence-corrected chi connectivity index (χ0v) is 19.6. The first-order valence-electron chi connectivity index (χ1n) is 11.9. The fourth-order valence-electron chi connectivity index (χ4n) is 5.32. The van der Waals surface area contributed by atoms with E-state index in [1.165, 1.54) is 18.2 Å². The van der Waals surface area contributed by atoms with Crippen molar-refractivity contribution in [2.75, 3.05) is 36.9 Å². The Morgan fingerprint density at radius 1 is 1.11 bits per heavy atom. The summed E-state index contributed by atoms with van der Waals surface area (Å²) in [5.74, 6) is -1.43. The number of aromatic nitrogens is 3. The van der Waals surface area contributed by atoms with Gasteiger partial charge in [0, 0.05) is 43.5 Å². The highest BCUT2D eigenvalue weighted by Gasteiger charge is 2.35. The van der Waals surface area contributed by atoms with Crippen molar-refractivity contribution < 1.29 is 17.9 Å². The van der Waals surface area contributed by atoms with Gasteiger partial charge >= 0.3 is 0 Å². The number of hydrogen-bond acceptors (Lipinski definition) is 6. The molecular weight excluding hydrogens is 469 g/mol. The smallest absolute Gasteiger partial charge is 0.153 e. The van der Waals surface area contributed by atoms with E-state index in [1.54, 1.807) is 6.20 Å². The molecule has 0 spiro atoms. The van der Waals surface area contributed by atoms with Crippen LogP contribution in [0.4, 0.5) is 24.7 Å². The Kier molecular flexibility index (Phi) is 5.57. The van der Waals surface area contributed by atoms with Gasteiger partial charge in [-0.2, -0.15) is 0 Å². The number of piperidine rings is 1. The van der Waals surface area contributed by atoms with Crippen molar-refractivity contribution in [3.8, 4) is 22.5 Å². The molecule has 2 aromatic heterocycles. The summed E-state index contributed by atoms with van der Waals surface area (Å²) in [6.07, 6.45) is 2.41. The number of aryl methyl sites for hydroxylation is 1. The topological polar surface area (TPSA) is 92.1 Å². The molecular formula is C26H25F3N6O. The molecule has 6 rings (SSSR count). The van der Waals surface area contributed by atoms with E-state index in [0.717, 1.165) is 24.6 Å².